The maximum absolute atomic E-state index is 6.55. The van der Waals surface area contributed by atoms with Crippen LogP contribution in [0.5, 0.6) is 0 Å². The summed E-state index contributed by atoms with van der Waals surface area (Å²) in [4.78, 5) is 2.55. The monoisotopic (exact) mass is 892 g/mol. The number of anilines is 3. The average molecular weight is 893 g/mol. The van der Waals surface area contributed by atoms with Gasteiger partial charge in [-0.15, -0.1) is 0 Å². The largest absolute Gasteiger partial charge is 0.456 e. The van der Waals surface area contributed by atoms with Crippen LogP contribution < -0.4 is 4.90 Å². The standard InChI is InChI=1S/C66H56N2O/c1-65(2,3)46-39-45(40-47(42-46)66(4,5)6)50-29-18-21-43-22-19-30-55(63(43)50)51-26-11-16-34-59(51)68(57-32-14-10-25-49(57)44-37-38-54-53-28-13-17-36-61(53)69-62(54)41-44)60-35-20-31-56-52-27-12-15-33-58(52)67(64(56)60)48-23-8-7-9-24-48/h7-14,16-32,34-42H,15,33H2,1-6H3. The molecule has 69 heavy (non-hydrogen) atoms. The van der Waals surface area contributed by atoms with Crippen molar-refractivity contribution in [2.24, 2.45) is 0 Å². The first kappa shape index (κ1) is 42.5. The number of rotatable bonds is 7. The molecule has 3 nitrogen and oxygen atoms in total. The van der Waals surface area contributed by atoms with E-state index in [1.165, 1.54) is 60.8 Å². The number of hydrogen-bond acceptors (Lipinski definition) is 2. The van der Waals surface area contributed by atoms with E-state index in [1.807, 2.05) is 6.07 Å². The molecule has 3 heteroatoms. The van der Waals surface area contributed by atoms with Gasteiger partial charge in [-0.25, -0.2) is 0 Å². The molecule has 12 rings (SSSR count). The van der Waals surface area contributed by atoms with E-state index in [1.54, 1.807) is 0 Å². The molecule has 0 atom stereocenters. The number of para-hydroxylation sites is 5. The predicted molar refractivity (Wildman–Crippen MR) is 294 cm³/mol. The van der Waals surface area contributed by atoms with Crippen LogP contribution in [0.2, 0.25) is 0 Å². The van der Waals surface area contributed by atoms with Crippen molar-refractivity contribution in [2.75, 3.05) is 4.90 Å². The van der Waals surface area contributed by atoms with Crippen molar-refractivity contribution in [3.05, 3.63) is 223 Å². The average Bonchev–Trinajstić information content (AvgIpc) is 3.92. The Morgan fingerprint density at radius 2 is 1.06 bits per heavy atom. The summed E-state index contributed by atoms with van der Waals surface area (Å²) in [5, 5.41) is 5.94. The minimum atomic E-state index is -0.0215. The summed E-state index contributed by atoms with van der Waals surface area (Å²) in [5.74, 6) is 0. The smallest absolute Gasteiger partial charge is 0.136 e. The number of furan rings is 1. The first-order valence-electron chi connectivity index (χ1n) is 24.5. The van der Waals surface area contributed by atoms with Gasteiger partial charge in [0.15, 0.2) is 0 Å². The molecule has 0 N–H and O–H groups in total. The Morgan fingerprint density at radius 3 is 1.81 bits per heavy atom. The Bertz CT molecular complexity index is 3770. The molecule has 0 amide bonds. The second-order valence-electron chi connectivity index (χ2n) is 20.8. The van der Waals surface area contributed by atoms with E-state index in [0.29, 0.717) is 0 Å². The van der Waals surface area contributed by atoms with Crippen molar-refractivity contribution >= 4 is 66.8 Å². The summed E-state index contributed by atoms with van der Waals surface area (Å²) in [7, 11) is 0. The third-order valence-corrected chi connectivity index (χ3v) is 14.3. The molecule has 0 radical (unpaired) electrons. The van der Waals surface area contributed by atoms with Crippen LogP contribution in [0, 0.1) is 0 Å². The fraction of sp³-hybridized carbons (Fsp3) is 0.152. The summed E-state index contributed by atoms with van der Waals surface area (Å²) < 4.78 is 9.08. The Kier molecular flexibility index (Phi) is 10.1. The fourth-order valence-corrected chi connectivity index (χ4v) is 10.8. The Morgan fingerprint density at radius 1 is 0.464 bits per heavy atom. The molecule has 336 valence electrons. The molecule has 0 aliphatic heterocycles. The quantitative estimate of drug-likeness (QED) is 0.159. The molecular weight excluding hydrogens is 837 g/mol. The van der Waals surface area contributed by atoms with Crippen LogP contribution in [0.15, 0.2) is 205 Å². The molecule has 0 spiro atoms. The van der Waals surface area contributed by atoms with Crippen molar-refractivity contribution in [2.45, 2.75) is 65.2 Å². The highest BCUT2D eigenvalue weighted by molar-refractivity contribution is 6.12. The van der Waals surface area contributed by atoms with Crippen LogP contribution in [0.4, 0.5) is 17.1 Å². The van der Waals surface area contributed by atoms with Gasteiger partial charge >= 0.3 is 0 Å². The van der Waals surface area contributed by atoms with Crippen LogP contribution in [0.25, 0.3) is 88.8 Å². The van der Waals surface area contributed by atoms with E-state index in [4.69, 9.17) is 4.42 Å². The van der Waals surface area contributed by atoms with E-state index >= 15 is 0 Å². The van der Waals surface area contributed by atoms with Crippen LogP contribution in [-0.2, 0) is 17.3 Å². The Balaban J connectivity index is 1.16. The van der Waals surface area contributed by atoms with Gasteiger partial charge in [0, 0.05) is 44.2 Å². The molecule has 2 aromatic heterocycles. The molecule has 9 aromatic carbocycles. The molecule has 0 saturated heterocycles. The molecule has 11 aromatic rings. The van der Waals surface area contributed by atoms with E-state index in [-0.39, 0.29) is 10.8 Å². The first-order chi connectivity index (χ1) is 33.5. The first-order valence-corrected chi connectivity index (χ1v) is 24.5. The van der Waals surface area contributed by atoms with E-state index in [2.05, 4.69) is 251 Å². The lowest BCUT2D eigenvalue weighted by atomic mass is 9.78. The summed E-state index contributed by atoms with van der Waals surface area (Å²) in [6.45, 7) is 14.0. The van der Waals surface area contributed by atoms with Gasteiger partial charge in [0.2, 0.25) is 0 Å². The van der Waals surface area contributed by atoms with Crippen molar-refractivity contribution in [3.8, 4) is 39.1 Å². The Hall–Kier alpha value is -7.88. The molecule has 1 aliphatic rings. The van der Waals surface area contributed by atoms with Crippen molar-refractivity contribution < 1.29 is 4.42 Å². The lowest BCUT2D eigenvalue weighted by Gasteiger charge is -2.31. The number of hydrogen-bond donors (Lipinski definition) is 0. The number of allylic oxidation sites excluding steroid dienone is 1. The second kappa shape index (κ2) is 16.4. The zero-order chi connectivity index (χ0) is 47.0. The highest BCUT2D eigenvalue weighted by atomic mass is 16.3. The lowest BCUT2D eigenvalue weighted by Crippen LogP contribution is -2.16. The van der Waals surface area contributed by atoms with Crippen LogP contribution in [-0.4, -0.2) is 4.57 Å². The second-order valence-corrected chi connectivity index (χ2v) is 20.8. The van der Waals surface area contributed by atoms with Crippen molar-refractivity contribution in [1.29, 1.82) is 0 Å². The SMILES string of the molecule is CC(C)(C)c1cc(-c2cccc3cccc(-c4ccccc4N(c4ccccc4-c4ccc5c(c4)oc4ccccc45)c4cccc5c6c(n(-c7ccccc7)c45)CCC=C6)c23)cc(C(C)(C)C)c1. The van der Waals surface area contributed by atoms with Gasteiger partial charge in [-0.1, -0.05) is 199 Å². The third kappa shape index (κ3) is 7.27. The van der Waals surface area contributed by atoms with Gasteiger partial charge in [0.25, 0.3) is 0 Å². The van der Waals surface area contributed by atoms with Gasteiger partial charge in [0.1, 0.15) is 11.2 Å². The molecule has 0 bridgehead atoms. The minimum absolute atomic E-state index is 0.0215. The normalized spacial score (nSPS) is 12.9. The molecule has 0 saturated carbocycles. The molecule has 0 fully saturated rings. The number of aromatic nitrogens is 1. The van der Waals surface area contributed by atoms with Gasteiger partial charge in [0.05, 0.1) is 22.6 Å². The van der Waals surface area contributed by atoms with Gasteiger partial charge in [-0.2, -0.15) is 0 Å². The molecule has 1 aliphatic carbocycles. The third-order valence-electron chi connectivity index (χ3n) is 14.3. The highest BCUT2D eigenvalue weighted by Gasteiger charge is 2.29. The number of nitrogens with zero attached hydrogens (tertiary/aromatic N) is 2. The van der Waals surface area contributed by atoms with Gasteiger partial charge in [-0.3, -0.25) is 0 Å². The van der Waals surface area contributed by atoms with Crippen molar-refractivity contribution in [1.82, 2.24) is 4.57 Å². The maximum Gasteiger partial charge on any atom is 0.136 e. The zero-order valence-electron chi connectivity index (χ0n) is 40.3. The van der Waals surface area contributed by atoms with E-state index in [9.17, 15) is 0 Å². The van der Waals surface area contributed by atoms with E-state index in [0.717, 1.165) is 74.2 Å². The fourth-order valence-electron chi connectivity index (χ4n) is 10.8. The Labute approximate surface area is 405 Å². The summed E-state index contributed by atoms with van der Waals surface area (Å²) >= 11 is 0. The summed E-state index contributed by atoms with van der Waals surface area (Å²) in [5.41, 5.74) is 19.7. The van der Waals surface area contributed by atoms with Crippen LogP contribution in [0.3, 0.4) is 0 Å². The lowest BCUT2D eigenvalue weighted by molar-refractivity contribution is 0.569. The maximum atomic E-state index is 6.55. The summed E-state index contributed by atoms with van der Waals surface area (Å²) in [6, 6.07) is 71.8. The molecular formula is C66H56N2O. The molecule has 0 unspecified atom stereocenters. The highest BCUT2D eigenvalue weighted by Crippen LogP contribution is 2.51. The van der Waals surface area contributed by atoms with Gasteiger partial charge < -0.3 is 13.9 Å². The van der Waals surface area contributed by atoms with Crippen LogP contribution >= 0.6 is 0 Å². The molecule has 2 heterocycles. The van der Waals surface area contributed by atoms with Crippen molar-refractivity contribution in [3.63, 3.8) is 0 Å². The summed E-state index contributed by atoms with van der Waals surface area (Å²) in [6.07, 6.45) is 6.65. The van der Waals surface area contributed by atoms with E-state index < -0.39 is 0 Å². The zero-order valence-corrected chi connectivity index (χ0v) is 40.3. The number of fused-ring (bicyclic) bond motifs is 7. The topological polar surface area (TPSA) is 21.3 Å². The van der Waals surface area contributed by atoms with Crippen LogP contribution in [0.1, 0.15) is 70.3 Å². The number of benzene rings is 9. The minimum Gasteiger partial charge on any atom is -0.456 e. The van der Waals surface area contributed by atoms with Gasteiger partial charge in [-0.05, 0) is 116 Å². The predicted octanol–water partition coefficient (Wildman–Crippen LogP) is 18.7.